The molecule has 1 amide bonds. The molecule has 2 rings (SSSR count). The number of para-hydroxylation sites is 1. The molecule has 0 spiro atoms. The van der Waals surface area contributed by atoms with Crippen LogP contribution in [0.4, 0.5) is 0 Å². The zero-order chi connectivity index (χ0) is 22.8. The van der Waals surface area contributed by atoms with Crippen molar-refractivity contribution in [1.82, 2.24) is 5.32 Å². The molecular weight excluding hydrogens is 396 g/mol. The number of carbonyl (C=O) groups is 1. The summed E-state index contributed by atoms with van der Waals surface area (Å²) in [6, 6.07) is 12.9. The molecule has 7 heteroatoms. The molecule has 0 aromatic heterocycles. The standard InChI is InChI=1S/C24H28N2O5/c1-16(2)31-23-18(7-6-8-21(23)29-4)14-19(15-25)24(27)26-12-11-17-9-10-20(28-3)22(13-17)30-5/h6-10,13-14,16H,11-12H2,1-5H3,(H,26,27)/b19-14+. The Balaban J connectivity index is 2.12. The largest absolute Gasteiger partial charge is 0.493 e. The number of nitrogens with one attached hydrogen (secondary N) is 1. The molecular formula is C24H28N2O5. The summed E-state index contributed by atoms with van der Waals surface area (Å²) in [7, 11) is 4.69. The summed E-state index contributed by atoms with van der Waals surface area (Å²) >= 11 is 0. The molecule has 0 heterocycles. The topological polar surface area (TPSA) is 89.8 Å². The Morgan fingerprint density at radius 3 is 2.39 bits per heavy atom. The summed E-state index contributed by atoms with van der Waals surface area (Å²) in [5.41, 5.74) is 1.55. The van der Waals surface area contributed by atoms with Gasteiger partial charge in [0, 0.05) is 12.1 Å². The first-order valence-corrected chi connectivity index (χ1v) is 9.88. The van der Waals surface area contributed by atoms with Crippen LogP contribution in [0.25, 0.3) is 6.08 Å². The first-order chi connectivity index (χ1) is 14.9. The van der Waals surface area contributed by atoms with Crippen molar-refractivity contribution in [1.29, 1.82) is 5.26 Å². The summed E-state index contributed by atoms with van der Waals surface area (Å²) in [4.78, 5) is 12.6. The first-order valence-electron chi connectivity index (χ1n) is 9.88. The van der Waals surface area contributed by atoms with Crippen LogP contribution in [0.1, 0.15) is 25.0 Å². The maximum absolute atomic E-state index is 12.6. The van der Waals surface area contributed by atoms with Gasteiger partial charge >= 0.3 is 0 Å². The lowest BCUT2D eigenvalue weighted by molar-refractivity contribution is -0.117. The van der Waals surface area contributed by atoms with Crippen molar-refractivity contribution in [2.75, 3.05) is 27.9 Å². The Hall–Kier alpha value is -3.66. The maximum Gasteiger partial charge on any atom is 0.261 e. The van der Waals surface area contributed by atoms with E-state index in [1.165, 1.54) is 6.08 Å². The highest BCUT2D eigenvalue weighted by atomic mass is 16.5. The van der Waals surface area contributed by atoms with Gasteiger partial charge in [-0.25, -0.2) is 0 Å². The number of ether oxygens (including phenoxy) is 4. The van der Waals surface area contributed by atoms with Crippen LogP contribution in [0.5, 0.6) is 23.0 Å². The molecule has 31 heavy (non-hydrogen) atoms. The van der Waals surface area contributed by atoms with Crippen LogP contribution in [-0.4, -0.2) is 39.9 Å². The number of carbonyl (C=O) groups excluding carboxylic acids is 1. The molecule has 1 N–H and O–H groups in total. The predicted molar refractivity (Wildman–Crippen MR) is 119 cm³/mol. The second-order valence-electron chi connectivity index (χ2n) is 6.91. The molecule has 0 atom stereocenters. The van der Waals surface area contributed by atoms with Gasteiger partial charge in [-0.2, -0.15) is 5.26 Å². The number of amides is 1. The number of hydrogen-bond acceptors (Lipinski definition) is 6. The second-order valence-corrected chi connectivity index (χ2v) is 6.91. The molecule has 0 saturated carbocycles. The van der Waals surface area contributed by atoms with Crippen molar-refractivity contribution in [3.8, 4) is 29.1 Å². The van der Waals surface area contributed by atoms with Crippen molar-refractivity contribution >= 4 is 12.0 Å². The predicted octanol–water partition coefficient (Wildman–Crippen LogP) is 3.77. The van der Waals surface area contributed by atoms with E-state index in [4.69, 9.17) is 18.9 Å². The molecule has 2 aromatic carbocycles. The summed E-state index contributed by atoms with van der Waals surface area (Å²) in [5, 5.41) is 12.3. The van der Waals surface area contributed by atoms with Crippen LogP contribution in [0.15, 0.2) is 42.0 Å². The van der Waals surface area contributed by atoms with Crippen molar-refractivity contribution in [2.24, 2.45) is 0 Å². The lowest BCUT2D eigenvalue weighted by atomic mass is 10.1. The molecule has 0 aliphatic carbocycles. The van der Waals surface area contributed by atoms with Crippen LogP contribution in [0.2, 0.25) is 0 Å². The Kier molecular flexibility index (Phi) is 8.77. The van der Waals surface area contributed by atoms with E-state index in [1.807, 2.05) is 38.1 Å². The molecule has 0 saturated heterocycles. The molecule has 0 fully saturated rings. The quantitative estimate of drug-likeness (QED) is 0.461. The molecule has 2 aromatic rings. The number of rotatable bonds is 10. The minimum absolute atomic E-state index is 0.0193. The van der Waals surface area contributed by atoms with Crippen LogP contribution in [-0.2, 0) is 11.2 Å². The van der Waals surface area contributed by atoms with Gasteiger partial charge in [-0.3, -0.25) is 4.79 Å². The molecule has 7 nitrogen and oxygen atoms in total. The average molecular weight is 424 g/mol. The summed E-state index contributed by atoms with van der Waals surface area (Å²) in [6.45, 7) is 4.15. The molecule has 0 bridgehead atoms. The number of hydrogen-bond donors (Lipinski definition) is 1. The van der Waals surface area contributed by atoms with E-state index in [9.17, 15) is 10.1 Å². The van der Waals surface area contributed by atoms with Crippen molar-refractivity contribution in [3.63, 3.8) is 0 Å². The third-order valence-corrected chi connectivity index (χ3v) is 4.39. The van der Waals surface area contributed by atoms with Gasteiger partial charge in [0.2, 0.25) is 0 Å². The van der Waals surface area contributed by atoms with Crippen molar-refractivity contribution in [2.45, 2.75) is 26.4 Å². The summed E-state index contributed by atoms with van der Waals surface area (Å²) in [6.07, 6.45) is 1.99. The lowest BCUT2D eigenvalue weighted by Crippen LogP contribution is -2.26. The van der Waals surface area contributed by atoms with E-state index in [0.29, 0.717) is 41.5 Å². The fourth-order valence-corrected chi connectivity index (χ4v) is 2.92. The molecule has 0 aliphatic heterocycles. The van der Waals surface area contributed by atoms with Crippen molar-refractivity contribution in [3.05, 3.63) is 53.1 Å². The molecule has 0 unspecified atom stereocenters. The Bertz CT molecular complexity index is 976. The fourth-order valence-electron chi connectivity index (χ4n) is 2.92. The Morgan fingerprint density at radius 2 is 1.77 bits per heavy atom. The maximum atomic E-state index is 12.6. The highest BCUT2D eigenvalue weighted by molar-refractivity contribution is 6.02. The second kappa shape index (κ2) is 11.5. The summed E-state index contributed by atoms with van der Waals surface area (Å²) in [5.74, 6) is 1.84. The Morgan fingerprint density at radius 1 is 1.06 bits per heavy atom. The van der Waals surface area contributed by atoms with Gasteiger partial charge in [0.25, 0.3) is 5.91 Å². The fraction of sp³-hybridized carbons (Fsp3) is 0.333. The third kappa shape index (κ3) is 6.41. The average Bonchev–Trinajstić information content (AvgIpc) is 2.77. The highest BCUT2D eigenvalue weighted by Crippen LogP contribution is 2.33. The van der Waals surface area contributed by atoms with Crippen LogP contribution in [0, 0.1) is 11.3 Å². The first kappa shape index (κ1) is 23.6. The minimum atomic E-state index is -0.457. The smallest absolute Gasteiger partial charge is 0.261 e. The van der Waals surface area contributed by atoms with Gasteiger partial charge in [-0.1, -0.05) is 18.2 Å². The monoisotopic (exact) mass is 424 g/mol. The van der Waals surface area contributed by atoms with Crippen LogP contribution < -0.4 is 24.3 Å². The van der Waals surface area contributed by atoms with Gasteiger partial charge in [-0.05, 0) is 50.1 Å². The van der Waals surface area contributed by atoms with E-state index in [-0.39, 0.29) is 11.7 Å². The molecule has 0 aliphatic rings. The SMILES string of the molecule is COc1ccc(CCNC(=O)/C(C#N)=C/c2cccc(OC)c2OC(C)C)cc1OC. The number of methoxy groups -OCH3 is 3. The minimum Gasteiger partial charge on any atom is -0.493 e. The van der Waals surface area contributed by atoms with Gasteiger partial charge in [-0.15, -0.1) is 0 Å². The van der Waals surface area contributed by atoms with Crippen LogP contribution >= 0.6 is 0 Å². The molecule has 164 valence electrons. The third-order valence-electron chi connectivity index (χ3n) is 4.39. The normalized spacial score (nSPS) is 10.9. The van der Waals surface area contributed by atoms with Crippen molar-refractivity contribution < 1.29 is 23.7 Å². The van der Waals surface area contributed by atoms with E-state index in [2.05, 4.69) is 5.32 Å². The molecule has 0 radical (unpaired) electrons. The van der Waals surface area contributed by atoms with E-state index < -0.39 is 5.91 Å². The number of benzene rings is 2. The van der Waals surface area contributed by atoms with Gasteiger partial charge in [0.15, 0.2) is 23.0 Å². The Labute approximate surface area is 183 Å². The highest BCUT2D eigenvalue weighted by Gasteiger charge is 2.15. The number of nitriles is 1. The van der Waals surface area contributed by atoms with Gasteiger partial charge in [0.05, 0.1) is 27.4 Å². The van der Waals surface area contributed by atoms with Crippen LogP contribution in [0.3, 0.4) is 0 Å². The number of nitrogens with zero attached hydrogens (tertiary/aromatic N) is 1. The van der Waals surface area contributed by atoms with Gasteiger partial charge < -0.3 is 24.3 Å². The zero-order valence-electron chi connectivity index (χ0n) is 18.5. The summed E-state index contributed by atoms with van der Waals surface area (Å²) < 4.78 is 21.7. The van der Waals surface area contributed by atoms with E-state index >= 15 is 0 Å². The van der Waals surface area contributed by atoms with E-state index in [0.717, 1.165) is 5.56 Å². The lowest BCUT2D eigenvalue weighted by Gasteiger charge is -2.16. The zero-order valence-corrected chi connectivity index (χ0v) is 18.5. The van der Waals surface area contributed by atoms with E-state index in [1.54, 1.807) is 39.5 Å². The van der Waals surface area contributed by atoms with Gasteiger partial charge in [0.1, 0.15) is 11.6 Å².